The van der Waals surface area contributed by atoms with Crippen LogP contribution < -0.4 is 0 Å². The monoisotopic (exact) mass is 366 g/mol. The fourth-order valence-corrected chi connectivity index (χ4v) is 1.36. The summed E-state index contributed by atoms with van der Waals surface area (Å²) < 4.78 is 25.8. The van der Waals surface area contributed by atoms with Crippen LogP contribution in [0, 0.1) is 18.8 Å². The lowest BCUT2D eigenvalue weighted by atomic mass is 10.3. The Morgan fingerprint density at radius 1 is 0.900 bits per heavy atom. The van der Waals surface area contributed by atoms with Crippen LogP contribution in [0.2, 0.25) is 0 Å². The van der Waals surface area contributed by atoms with E-state index in [4.69, 9.17) is 0 Å². The molecule has 4 heteroatoms. The normalized spacial score (nSPS) is 10.0. The molecule has 0 N–H and O–H groups in total. The van der Waals surface area contributed by atoms with Crippen molar-refractivity contribution in [1.82, 2.24) is 0 Å². The zero-order chi connectivity index (χ0) is 7.72. The topological polar surface area (TPSA) is 0 Å². The standard InChI is InChI=1S/C6H2F2I2/c7-3-1-5(9)4(8)2-6(3)10/h1-2H. The number of hydrogen-bond donors (Lipinski definition) is 0. The predicted octanol–water partition coefficient (Wildman–Crippen LogP) is 3.17. The smallest absolute Gasteiger partial charge is 0.137 e. The summed E-state index contributed by atoms with van der Waals surface area (Å²) in [5.41, 5.74) is 0. The van der Waals surface area contributed by atoms with Crippen molar-refractivity contribution in [2.24, 2.45) is 0 Å². The van der Waals surface area contributed by atoms with Gasteiger partial charge in [0.25, 0.3) is 0 Å². The van der Waals surface area contributed by atoms with Gasteiger partial charge in [0.2, 0.25) is 0 Å². The van der Waals surface area contributed by atoms with Gasteiger partial charge in [-0.05, 0) is 57.3 Å². The number of halogens is 4. The molecule has 10 heavy (non-hydrogen) atoms. The van der Waals surface area contributed by atoms with Crippen molar-refractivity contribution in [2.75, 3.05) is 0 Å². The van der Waals surface area contributed by atoms with Crippen molar-refractivity contribution in [2.45, 2.75) is 0 Å². The van der Waals surface area contributed by atoms with Crippen LogP contribution >= 0.6 is 45.2 Å². The van der Waals surface area contributed by atoms with Crippen LogP contribution in [-0.2, 0) is 0 Å². The maximum Gasteiger partial charge on any atom is 0.137 e. The van der Waals surface area contributed by atoms with E-state index in [1.807, 2.05) is 0 Å². The van der Waals surface area contributed by atoms with Crippen molar-refractivity contribution in [3.8, 4) is 0 Å². The van der Waals surface area contributed by atoms with Crippen LogP contribution in [-0.4, -0.2) is 0 Å². The average molecular weight is 366 g/mol. The minimum absolute atomic E-state index is 0.315. The molecular weight excluding hydrogens is 364 g/mol. The van der Waals surface area contributed by atoms with Gasteiger partial charge in [0.1, 0.15) is 11.6 Å². The summed E-state index contributed by atoms with van der Waals surface area (Å²) in [6, 6.07) is 2.36. The Balaban J connectivity index is 3.28. The van der Waals surface area contributed by atoms with Crippen LogP contribution in [0.15, 0.2) is 12.1 Å². The van der Waals surface area contributed by atoms with E-state index >= 15 is 0 Å². The summed E-state index contributed by atoms with van der Waals surface area (Å²) in [4.78, 5) is 0. The molecule has 1 aromatic carbocycles. The molecule has 0 aliphatic carbocycles. The molecule has 0 spiro atoms. The van der Waals surface area contributed by atoms with Gasteiger partial charge in [-0.25, -0.2) is 8.78 Å². The average Bonchev–Trinajstić information content (AvgIpc) is 1.84. The first-order chi connectivity index (χ1) is 4.61. The Kier molecular flexibility index (Phi) is 2.84. The molecule has 54 valence electrons. The van der Waals surface area contributed by atoms with E-state index in [9.17, 15) is 8.78 Å². The summed E-state index contributed by atoms with van der Waals surface area (Å²) in [6.07, 6.45) is 0. The minimum Gasteiger partial charge on any atom is -0.206 e. The van der Waals surface area contributed by atoms with E-state index in [-0.39, 0.29) is 11.6 Å². The lowest BCUT2D eigenvalue weighted by Gasteiger charge is -1.95. The molecule has 0 saturated heterocycles. The SMILES string of the molecule is Fc1cc(I)c(F)cc1I. The summed E-state index contributed by atoms with van der Waals surface area (Å²) in [5.74, 6) is -0.738. The molecule has 0 fully saturated rings. The molecular formula is C6H2F2I2. The van der Waals surface area contributed by atoms with Gasteiger partial charge in [-0.15, -0.1) is 0 Å². The van der Waals surface area contributed by atoms with Crippen molar-refractivity contribution in [3.05, 3.63) is 30.9 Å². The van der Waals surface area contributed by atoms with Crippen LogP contribution in [0.4, 0.5) is 8.78 Å². The number of rotatable bonds is 0. The summed E-state index contributed by atoms with van der Waals surface area (Å²) >= 11 is 3.50. The molecule has 0 saturated carbocycles. The first-order valence-electron chi connectivity index (χ1n) is 2.41. The molecule has 0 aliphatic rings. The molecule has 0 aromatic heterocycles. The van der Waals surface area contributed by atoms with Gasteiger partial charge in [0.15, 0.2) is 0 Å². The van der Waals surface area contributed by atoms with Crippen molar-refractivity contribution in [1.29, 1.82) is 0 Å². The largest absolute Gasteiger partial charge is 0.206 e. The third-order valence-corrected chi connectivity index (χ3v) is 2.62. The second kappa shape index (κ2) is 3.29. The van der Waals surface area contributed by atoms with E-state index in [2.05, 4.69) is 0 Å². The number of benzene rings is 1. The molecule has 0 bridgehead atoms. The molecule has 0 heterocycles. The highest BCUT2D eigenvalue weighted by Gasteiger charge is 2.04. The highest BCUT2D eigenvalue weighted by Crippen LogP contribution is 2.17. The maximum atomic E-state index is 12.6. The van der Waals surface area contributed by atoms with Gasteiger partial charge in [-0.3, -0.25) is 0 Å². The first-order valence-corrected chi connectivity index (χ1v) is 4.57. The van der Waals surface area contributed by atoms with Gasteiger partial charge >= 0.3 is 0 Å². The van der Waals surface area contributed by atoms with Crippen molar-refractivity contribution >= 4 is 45.2 Å². The Morgan fingerprint density at radius 2 is 1.20 bits per heavy atom. The lowest BCUT2D eigenvalue weighted by Crippen LogP contribution is -1.87. The zero-order valence-electron chi connectivity index (χ0n) is 4.67. The van der Waals surface area contributed by atoms with Gasteiger partial charge in [-0.1, -0.05) is 0 Å². The Morgan fingerprint density at radius 3 is 1.50 bits per heavy atom. The lowest BCUT2D eigenvalue weighted by molar-refractivity contribution is 0.587. The fourth-order valence-electron chi connectivity index (χ4n) is 0.498. The Labute approximate surface area is 84.3 Å². The molecule has 0 aliphatic heterocycles. The third kappa shape index (κ3) is 1.77. The van der Waals surface area contributed by atoms with Crippen LogP contribution in [0.5, 0.6) is 0 Å². The molecule has 0 nitrogen and oxygen atoms in total. The fraction of sp³-hybridized carbons (Fsp3) is 0. The predicted molar refractivity (Wildman–Crippen MR) is 51.8 cm³/mol. The second-order valence-electron chi connectivity index (χ2n) is 1.68. The maximum absolute atomic E-state index is 12.6. The van der Waals surface area contributed by atoms with E-state index < -0.39 is 0 Å². The van der Waals surface area contributed by atoms with E-state index in [0.29, 0.717) is 7.14 Å². The zero-order valence-corrected chi connectivity index (χ0v) is 8.98. The summed E-state index contributed by atoms with van der Waals surface area (Å²) in [7, 11) is 0. The van der Waals surface area contributed by atoms with Gasteiger partial charge in [0.05, 0.1) is 7.14 Å². The van der Waals surface area contributed by atoms with E-state index in [0.717, 1.165) is 0 Å². The van der Waals surface area contributed by atoms with Crippen molar-refractivity contribution in [3.63, 3.8) is 0 Å². The highest BCUT2D eigenvalue weighted by molar-refractivity contribution is 14.1. The molecule has 1 rings (SSSR count). The van der Waals surface area contributed by atoms with E-state index in [1.54, 1.807) is 45.2 Å². The molecule has 0 radical (unpaired) electrons. The second-order valence-corrected chi connectivity index (χ2v) is 4.00. The number of hydrogen-bond acceptors (Lipinski definition) is 0. The quantitative estimate of drug-likeness (QED) is 0.489. The van der Waals surface area contributed by atoms with E-state index in [1.165, 1.54) is 12.1 Å². The Bertz CT molecular complexity index is 210. The third-order valence-electron chi connectivity index (χ3n) is 0.963. The summed E-state index contributed by atoms with van der Waals surface area (Å²) in [6.45, 7) is 0. The summed E-state index contributed by atoms with van der Waals surface area (Å²) in [5, 5.41) is 0. The minimum atomic E-state index is -0.369. The van der Waals surface area contributed by atoms with Gasteiger partial charge in [-0.2, -0.15) is 0 Å². The van der Waals surface area contributed by atoms with Crippen LogP contribution in [0.1, 0.15) is 0 Å². The van der Waals surface area contributed by atoms with Crippen LogP contribution in [0.25, 0.3) is 0 Å². The van der Waals surface area contributed by atoms with Crippen molar-refractivity contribution < 1.29 is 8.78 Å². The van der Waals surface area contributed by atoms with Gasteiger partial charge in [0, 0.05) is 0 Å². The van der Waals surface area contributed by atoms with Gasteiger partial charge < -0.3 is 0 Å². The molecule has 0 atom stereocenters. The first kappa shape index (κ1) is 8.63. The molecule has 1 aromatic rings. The Hall–Kier alpha value is 0.540. The highest BCUT2D eigenvalue weighted by atomic mass is 127. The molecule has 0 unspecified atom stereocenters. The van der Waals surface area contributed by atoms with Crippen LogP contribution in [0.3, 0.4) is 0 Å². The molecule has 0 amide bonds.